The summed E-state index contributed by atoms with van der Waals surface area (Å²) < 4.78 is 15.8. The number of nitrogens with zero attached hydrogens (tertiary/aromatic N) is 2. The summed E-state index contributed by atoms with van der Waals surface area (Å²) in [6.45, 7) is 0. The molecule has 272 valence electrons. The smallest absolute Gasteiger partial charge is 0.159 e. The van der Waals surface area contributed by atoms with Gasteiger partial charge in [-0.3, -0.25) is 0 Å². The van der Waals surface area contributed by atoms with Gasteiger partial charge >= 0.3 is 0 Å². The molecule has 3 heterocycles. The van der Waals surface area contributed by atoms with Crippen LogP contribution in [0.15, 0.2) is 215 Å². The third-order valence-electron chi connectivity index (χ3n) is 11.6. The molecule has 58 heavy (non-hydrogen) atoms. The number of aromatic nitrogens is 1. The molecule has 4 nitrogen and oxygen atoms in total. The van der Waals surface area contributed by atoms with Gasteiger partial charge in [-0.15, -0.1) is 0 Å². The Hall–Kier alpha value is -7.82. The predicted octanol–water partition coefficient (Wildman–Crippen LogP) is 15.4. The Kier molecular flexibility index (Phi) is 7.20. The van der Waals surface area contributed by atoms with Gasteiger partial charge in [-0.25, -0.2) is 0 Å². The number of para-hydroxylation sites is 5. The van der Waals surface area contributed by atoms with Gasteiger partial charge in [-0.1, -0.05) is 140 Å². The number of rotatable bonds is 6. The fraction of sp³-hybridized carbons (Fsp3) is 0. The SMILES string of the molecule is c1ccc(-c2cccc3c2oc2c(N(c4ccc(-c5cccc6c5c5ccccc5n6-c5ccccc5)cc4)c4ccc5c(c4)oc4ccccc45)cccc23)cc1. The van der Waals surface area contributed by atoms with Gasteiger partial charge in [0.25, 0.3) is 0 Å². The number of furan rings is 2. The maximum absolute atomic E-state index is 6.98. The van der Waals surface area contributed by atoms with Gasteiger partial charge in [0.1, 0.15) is 16.7 Å². The normalized spacial score (nSPS) is 11.8. The average Bonchev–Trinajstić information content (AvgIpc) is 3.97. The lowest BCUT2D eigenvalue weighted by atomic mass is 9.99. The molecule has 0 spiro atoms. The zero-order chi connectivity index (χ0) is 38.2. The minimum atomic E-state index is 0.827. The van der Waals surface area contributed by atoms with Crippen molar-refractivity contribution >= 4 is 82.7 Å². The first kappa shape index (κ1) is 32.4. The fourth-order valence-electron chi connectivity index (χ4n) is 9.01. The lowest BCUT2D eigenvalue weighted by Gasteiger charge is -2.25. The molecular weight excluding hydrogens is 709 g/mol. The first-order chi connectivity index (χ1) is 28.8. The standard InChI is InChI=1S/C54H34N2O2/c1-3-14-35(15-4-1)41-21-11-22-44-45-23-13-26-49(54(45)58-53(41)44)55(39-32-33-43-42-18-8-10-27-50(42)57-51(43)34-39)38-30-28-36(29-31-38)40-20-12-25-48-52(40)46-19-7-9-24-47(46)56(48)37-16-5-2-6-17-37/h1-34H. The van der Waals surface area contributed by atoms with Crippen molar-refractivity contribution in [2.24, 2.45) is 0 Å². The van der Waals surface area contributed by atoms with E-state index in [1.807, 2.05) is 18.2 Å². The van der Waals surface area contributed by atoms with Crippen LogP contribution in [0.4, 0.5) is 17.1 Å². The predicted molar refractivity (Wildman–Crippen MR) is 241 cm³/mol. The van der Waals surface area contributed by atoms with E-state index >= 15 is 0 Å². The molecule has 0 radical (unpaired) electrons. The molecule has 9 aromatic carbocycles. The zero-order valence-corrected chi connectivity index (χ0v) is 31.3. The molecule has 3 aromatic heterocycles. The highest BCUT2D eigenvalue weighted by molar-refractivity contribution is 6.16. The summed E-state index contributed by atoms with van der Waals surface area (Å²) in [7, 11) is 0. The Morgan fingerprint density at radius 3 is 1.81 bits per heavy atom. The lowest BCUT2D eigenvalue weighted by Crippen LogP contribution is -2.10. The summed E-state index contributed by atoms with van der Waals surface area (Å²) in [4.78, 5) is 2.30. The maximum Gasteiger partial charge on any atom is 0.159 e. The molecule has 12 rings (SSSR count). The summed E-state index contributed by atoms with van der Waals surface area (Å²) in [5, 5.41) is 6.82. The van der Waals surface area contributed by atoms with Crippen LogP contribution >= 0.6 is 0 Å². The van der Waals surface area contributed by atoms with E-state index in [4.69, 9.17) is 8.83 Å². The average molecular weight is 743 g/mol. The van der Waals surface area contributed by atoms with Crippen molar-refractivity contribution in [1.29, 1.82) is 0 Å². The van der Waals surface area contributed by atoms with Crippen LogP contribution < -0.4 is 4.90 Å². The minimum Gasteiger partial charge on any atom is -0.456 e. The van der Waals surface area contributed by atoms with Gasteiger partial charge in [-0.05, 0) is 77.4 Å². The number of hydrogen-bond acceptors (Lipinski definition) is 3. The van der Waals surface area contributed by atoms with Crippen molar-refractivity contribution in [1.82, 2.24) is 4.57 Å². The number of fused-ring (bicyclic) bond motifs is 9. The van der Waals surface area contributed by atoms with Crippen LogP contribution in [-0.4, -0.2) is 4.57 Å². The van der Waals surface area contributed by atoms with Crippen molar-refractivity contribution in [3.8, 4) is 27.9 Å². The summed E-state index contributed by atoms with van der Waals surface area (Å²) in [5.41, 5.74) is 14.4. The second-order valence-electron chi connectivity index (χ2n) is 14.9. The molecular formula is C54H34N2O2. The highest BCUT2D eigenvalue weighted by Crippen LogP contribution is 2.46. The van der Waals surface area contributed by atoms with Crippen LogP contribution in [0.1, 0.15) is 0 Å². The van der Waals surface area contributed by atoms with Crippen molar-refractivity contribution < 1.29 is 8.83 Å². The molecule has 4 heteroatoms. The molecule has 0 saturated carbocycles. The third-order valence-corrected chi connectivity index (χ3v) is 11.6. The highest BCUT2D eigenvalue weighted by atomic mass is 16.3. The van der Waals surface area contributed by atoms with E-state index in [1.54, 1.807) is 0 Å². The zero-order valence-electron chi connectivity index (χ0n) is 31.3. The third kappa shape index (κ3) is 4.95. The molecule has 0 aliphatic rings. The first-order valence-corrected chi connectivity index (χ1v) is 19.7. The van der Waals surface area contributed by atoms with E-state index in [1.165, 1.54) is 27.4 Å². The van der Waals surface area contributed by atoms with E-state index in [-0.39, 0.29) is 0 Å². The monoisotopic (exact) mass is 742 g/mol. The maximum atomic E-state index is 6.98. The molecule has 0 aliphatic carbocycles. The van der Waals surface area contributed by atoms with Crippen molar-refractivity contribution in [2.75, 3.05) is 4.90 Å². The van der Waals surface area contributed by atoms with Gasteiger partial charge in [0, 0.05) is 55.3 Å². The van der Waals surface area contributed by atoms with Crippen LogP contribution in [0.5, 0.6) is 0 Å². The highest BCUT2D eigenvalue weighted by Gasteiger charge is 2.23. The Labute approximate surface area is 334 Å². The van der Waals surface area contributed by atoms with Crippen LogP contribution in [0.25, 0.3) is 93.6 Å². The molecule has 0 atom stereocenters. The van der Waals surface area contributed by atoms with Crippen molar-refractivity contribution in [3.05, 3.63) is 206 Å². The van der Waals surface area contributed by atoms with Gasteiger partial charge in [0.15, 0.2) is 5.58 Å². The Morgan fingerprint density at radius 1 is 0.362 bits per heavy atom. The second-order valence-corrected chi connectivity index (χ2v) is 14.9. The van der Waals surface area contributed by atoms with Gasteiger partial charge in [-0.2, -0.15) is 0 Å². The molecule has 0 bridgehead atoms. The number of anilines is 3. The Bertz CT molecular complexity index is 3500. The molecule has 0 N–H and O–H groups in total. The quantitative estimate of drug-likeness (QED) is 0.170. The lowest BCUT2D eigenvalue weighted by molar-refractivity contribution is 0.668. The Balaban J connectivity index is 1.06. The summed E-state index contributed by atoms with van der Waals surface area (Å²) in [6, 6.07) is 73.0. The van der Waals surface area contributed by atoms with E-state index in [2.05, 4.69) is 198 Å². The van der Waals surface area contributed by atoms with Gasteiger partial charge in [0.2, 0.25) is 0 Å². The van der Waals surface area contributed by atoms with Gasteiger partial charge in [0.05, 0.1) is 22.4 Å². The van der Waals surface area contributed by atoms with Crippen LogP contribution in [0.3, 0.4) is 0 Å². The summed E-state index contributed by atoms with van der Waals surface area (Å²) in [6.07, 6.45) is 0. The number of benzene rings is 9. The molecule has 0 amide bonds. The number of hydrogen-bond donors (Lipinski definition) is 0. The molecule has 0 aliphatic heterocycles. The van der Waals surface area contributed by atoms with Crippen LogP contribution in [0, 0.1) is 0 Å². The van der Waals surface area contributed by atoms with Crippen molar-refractivity contribution in [3.63, 3.8) is 0 Å². The molecule has 0 fully saturated rings. The molecule has 0 saturated heterocycles. The van der Waals surface area contributed by atoms with Crippen molar-refractivity contribution in [2.45, 2.75) is 0 Å². The summed E-state index contributed by atoms with van der Waals surface area (Å²) in [5.74, 6) is 0. The second kappa shape index (κ2) is 12.9. The van der Waals surface area contributed by atoms with Gasteiger partial charge < -0.3 is 18.3 Å². The largest absolute Gasteiger partial charge is 0.456 e. The van der Waals surface area contributed by atoms with E-state index in [0.717, 1.165) is 83.3 Å². The topological polar surface area (TPSA) is 34.5 Å². The fourth-order valence-corrected chi connectivity index (χ4v) is 9.01. The van der Waals surface area contributed by atoms with E-state index in [0.29, 0.717) is 0 Å². The van der Waals surface area contributed by atoms with Crippen LogP contribution in [-0.2, 0) is 0 Å². The summed E-state index contributed by atoms with van der Waals surface area (Å²) >= 11 is 0. The van der Waals surface area contributed by atoms with E-state index in [9.17, 15) is 0 Å². The molecule has 12 aromatic rings. The van der Waals surface area contributed by atoms with Crippen LogP contribution in [0.2, 0.25) is 0 Å². The first-order valence-electron chi connectivity index (χ1n) is 19.7. The van der Waals surface area contributed by atoms with E-state index < -0.39 is 0 Å². The minimum absolute atomic E-state index is 0.827. The Morgan fingerprint density at radius 2 is 0.966 bits per heavy atom. The molecule has 0 unspecified atom stereocenters.